The molecule has 0 aliphatic carbocycles. The summed E-state index contributed by atoms with van der Waals surface area (Å²) < 4.78 is 7.73. The van der Waals surface area contributed by atoms with Gasteiger partial charge in [0, 0.05) is 43.2 Å². The van der Waals surface area contributed by atoms with Crippen LogP contribution in [0.25, 0.3) is 5.65 Å². The lowest BCUT2D eigenvalue weighted by molar-refractivity contribution is 0.133. The van der Waals surface area contributed by atoms with E-state index in [1.807, 2.05) is 30.7 Å². The first kappa shape index (κ1) is 18.6. The van der Waals surface area contributed by atoms with E-state index >= 15 is 0 Å². The van der Waals surface area contributed by atoms with Crippen LogP contribution in [0.4, 0.5) is 5.95 Å². The molecule has 0 saturated carbocycles. The maximum atomic E-state index is 6.36. The summed E-state index contributed by atoms with van der Waals surface area (Å²) >= 11 is 14.1. The van der Waals surface area contributed by atoms with Crippen LogP contribution in [0.5, 0.6) is 0 Å². The van der Waals surface area contributed by atoms with Gasteiger partial charge < -0.3 is 9.64 Å². The summed E-state index contributed by atoms with van der Waals surface area (Å²) in [6, 6.07) is 5.65. The summed E-state index contributed by atoms with van der Waals surface area (Å²) in [5, 5.41) is 1.11. The molecule has 1 aromatic carbocycles. The van der Waals surface area contributed by atoms with E-state index in [9.17, 15) is 0 Å². The average Bonchev–Trinajstić information content (AvgIpc) is 3.37. The standard InChI is InChI=1S/C20H20Cl2N4OS/c21-14-2-1-3-15(17(14)22)28-16-12-24-19(26-10-7-23-18(16)26)25-8-4-20(5-9-25)6-11-27-13-20/h1-3,7,10,12H,4-6,8-9,11,13H2. The third-order valence-electron chi connectivity index (χ3n) is 5.80. The Kier molecular flexibility index (Phi) is 4.91. The highest BCUT2D eigenvalue weighted by atomic mass is 35.5. The van der Waals surface area contributed by atoms with Crippen molar-refractivity contribution in [3.63, 3.8) is 0 Å². The molecule has 4 heterocycles. The maximum Gasteiger partial charge on any atom is 0.211 e. The second-order valence-electron chi connectivity index (χ2n) is 7.49. The number of rotatable bonds is 3. The lowest BCUT2D eigenvalue weighted by Crippen LogP contribution is -2.41. The second-order valence-corrected chi connectivity index (χ2v) is 9.36. The third kappa shape index (κ3) is 3.26. The van der Waals surface area contributed by atoms with Gasteiger partial charge in [-0.1, -0.05) is 41.0 Å². The maximum absolute atomic E-state index is 6.36. The van der Waals surface area contributed by atoms with E-state index in [2.05, 4.69) is 14.3 Å². The number of nitrogens with zero attached hydrogens (tertiary/aromatic N) is 4. The highest BCUT2D eigenvalue weighted by Gasteiger charge is 2.38. The zero-order chi connectivity index (χ0) is 19.1. The van der Waals surface area contributed by atoms with Crippen LogP contribution in [0, 0.1) is 5.41 Å². The molecule has 1 spiro atoms. The average molecular weight is 435 g/mol. The van der Waals surface area contributed by atoms with Crippen molar-refractivity contribution in [2.45, 2.75) is 29.1 Å². The Bertz CT molecular complexity index is 1010. The summed E-state index contributed by atoms with van der Waals surface area (Å²) in [4.78, 5) is 13.6. The lowest BCUT2D eigenvalue weighted by Gasteiger charge is -2.38. The number of halogens is 2. The first-order chi connectivity index (χ1) is 13.7. The molecule has 146 valence electrons. The minimum atomic E-state index is 0.379. The van der Waals surface area contributed by atoms with Crippen molar-refractivity contribution >= 4 is 46.6 Å². The minimum absolute atomic E-state index is 0.379. The largest absolute Gasteiger partial charge is 0.381 e. The first-order valence-corrected chi connectivity index (χ1v) is 11.0. The highest BCUT2D eigenvalue weighted by Crippen LogP contribution is 2.41. The van der Waals surface area contributed by atoms with Crippen LogP contribution in [0.2, 0.25) is 10.0 Å². The van der Waals surface area contributed by atoms with E-state index in [1.165, 1.54) is 18.2 Å². The van der Waals surface area contributed by atoms with Crippen LogP contribution in [-0.2, 0) is 4.74 Å². The molecule has 0 N–H and O–H groups in total. The molecule has 2 aromatic heterocycles. The van der Waals surface area contributed by atoms with E-state index in [0.717, 1.165) is 60.5 Å². The number of hydrogen-bond donors (Lipinski definition) is 0. The molecule has 5 nitrogen and oxygen atoms in total. The molecule has 5 rings (SSSR count). The van der Waals surface area contributed by atoms with Crippen molar-refractivity contribution in [3.05, 3.63) is 46.8 Å². The SMILES string of the molecule is Clc1cccc(Sc2cnc(N3CCC4(CCOC4)CC3)n3ccnc23)c1Cl. The molecule has 0 radical (unpaired) electrons. The van der Waals surface area contributed by atoms with E-state index in [4.69, 9.17) is 32.9 Å². The predicted octanol–water partition coefficient (Wildman–Crippen LogP) is 5.19. The van der Waals surface area contributed by atoms with E-state index in [1.54, 1.807) is 6.07 Å². The molecule has 2 aliphatic heterocycles. The van der Waals surface area contributed by atoms with Crippen LogP contribution in [-0.4, -0.2) is 40.7 Å². The second kappa shape index (κ2) is 7.41. The van der Waals surface area contributed by atoms with Gasteiger partial charge in [-0.2, -0.15) is 0 Å². The third-order valence-corrected chi connectivity index (χ3v) is 7.80. The summed E-state index contributed by atoms with van der Waals surface area (Å²) in [6.07, 6.45) is 9.18. The van der Waals surface area contributed by atoms with Gasteiger partial charge in [0.1, 0.15) is 0 Å². The summed E-state index contributed by atoms with van der Waals surface area (Å²) in [6.45, 7) is 3.80. The fourth-order valence-electron chi connectivity index (χ4n) is 4.10. The first-order valence-electron chi connectivity index (χ1n) is 9.42. The van der Waals surface area contributed by atoms with Crippen LogP contribution in [0.3, 0.4) is 0 Å². The van der Waals surface area contributed by atoms with Gasteiger partial charge in [0.15, 0.2) is 5.65 Å². The Labute approximate surface area is 178 Å². The molecule has 3 aromatic rings. The molecule has 2 fully saturated rings. The Hall–Kier alpha value is -1.47. The number of aromatic nitrogens is 3. The van der Waals surface area contributed by atoms with Crippen molar-refractivity contribution in [2.75, 3.05) is 31.2 Å². The van der Waals surface area contributed by atoms with Gasteiger partial charge in [-0.15, -0.1) is 0 Å². The topological polar surface area (TPSA) is 42.7 Å². The molecule has 0 unspecified atom stereocenters. The molecular weight excluding hydrogens is 415 g/mol. The fraction of sp³-hybridized carbons (Fsp3) is 0.400. The lowest BCUT2D eigenvalue weighted by atomic mass is 9.78. The number of imidazole rings is 1. The number of anilines is 1. The van der Waals surface area contributed by atoms with E-state index in [-0.39, 0.29) is 0 Å². The Morgan fingerprint density at radius 3 is 2.71 bits per heavy atom. The molecule has 0 amide bonds. The normalized spacial score (nSPS) is 19.0. The zero-order valence-electron chi connectivity index (χ0n) is 15.3. The van der Waals surface area contributed by atoms with Gasteiger partial charge in [0.2, 0.25) is 5.95 Å². The van der Waals surface area contributed by atoms with Crippen molar-refractivity contribution in [1.29, 1.82) is 0 Å². The van der Waals surface area contributed by atoms with Crippen LogP contribution in [0.1, 0.15) is 19.3 Å². The van der Waals surface area contributed by atoms with Crippen molar-refractivity contribution in [2.24, 2.45) is 5.41 Å². The molecule has 28 heavy (non-hydrogen) atoms. The van der Waals surface area contributed by atoms with Crippen LogP contribution >= 0.6 is 35.0 Å². The number of benzene rings is 1. The minimum Gasteiger partial charge on any atom is -0.381 e. The van der Waals surface area contributed by atoms with Crippen molar-refractivity contribution in [3.8, 4) is 0 Å². The summed E-state index contributed by atoms with van der Waals surface area (Å²) in [7, 11) is 0. The van der Waals surface area contributed by atoms with Gasteiger partial charge in [-0.05, 0) is 36.8 Å². The summed E-state index contributed by atoms with van der Waals surface area (Å²) in [5.74, 6) is 0.947. The Morgan fingerprint density at radius 2 is 1.93 bits per heavy atom. The number of piperidine rings is 1. The molecule has 2 aliphatic rings. The van der Waals surface area contributed by atoms with Crippen molar-refractivity contribution in [1.82, 2.24) is 14.4 Å². The number of hydrogen-bond acceptors (Lipinski definition) is 5. The van der Waals surface area contributed by atoms with Gasteiger partial charge in [0.05, 0.1) is 21.5 Å². The van der Waals surface area contributed by atoms with Gasteiger partial charge in [0.25, 0.3) is 0 Å². The molecule has 2 saturated heterocycles. The highest BCUT2D eigenvalue weighted by molar-refractivity contribution is 7.99. The molecular formula is C20H20Cl2N4OS. The predicted molar refractivity (Wildman–Crippen MR) is 113 cm³/mol. The monoisotopic (exact) mass is 434 g/mol. The number of ether oxygens (including phenoxy) is 1. The van der Waals surface area contributed by atoms with E-state index < -0.39 is 0 Å². The van der Waals surface area contributed by atoms with Gasteiger partial charge >= 0.3 is 0 Å². The molecule has 8 heteroatoms. The van der Waals surface area contributed by atoms with Gasteiger partial charge in [-0.3, -0.25) is 4.40 Å². The smallest absolute Gasteiger partial charge is 0.211 e. The molecule has 0 atom stereocenters. The fourth-order valence-corrected chi connectivity index (χ4v) is 5.50. The van der Waals surface area contributed by atoms with Gasteiger partial charge in [-0.25, -0.2) is 9.97 Å². The van der Waals surface area contributed by atoms with Crippen LogP contribution < -0.4 is 4.90 Å². The van der Waals surface area contributed by atoms with E-state index in [0.29, 0.717) is 15.5 Å². The number of fused-ring (bicyclic) bond motifs is 1. The Balaban J connectivity index is 1.43. The van der Waals surface area contributed by atoms with Crippen molar-refractivity contribution < 1.29 is 4.74 Å². The quantitative estimate of drug-likeness (QED) is 0.566. The van der Waals surface area contributed by atoms with Crippen LogP contribution in [0.15, 0.2) is 46.6 Å². The zero-order valence-corrected chi connectivity index (χ0v) is 17.6. The molecule has 0 bridgehead atoms. The Morgan fingerprint density at radius 1 is 1.07 bits per heavy atom. The summed E-state index contributed by atoms with van der Waals surface area (Å²) in [5.41, 5.74) is 1.26.